The summed E-state index contributed by atoms with van der Waals surface area (Å²) in [5, 5.41) is 3.44. The number of hydrogen-bond acceptors (Lipinski definition) is 6. The summed E-state index contributed by atoms with van der Waals surface area (Å²) in [4.78, 5) is 28.3. The molecule has 0 unspecified atom stereocenters. The van der Waals surface area contributed by atoms with E-state index in [1.165, 1.54) is 18.3 Å². The van der Waals surface area contributed by atoms with Gasteiger partial charge in [0, 0.05) is 19.7 Å². The van der Waals surface area contributed by atoms with Crippen LogP contribution in [0.25, 0.3) is 0 Å². The third-order valence-corrected chi connectivity index (χ3v) is 4.01. The Morgan fingerprint density at radius 1 is 1.24 bits per heavy atom. The van der Waals surface area contributed by atoms with E-state index in [4.69, 9.17) is 0 Å². The molecule has 7 heteroatoms. The van der Waals surface area contributed by atoms with Crippen LogP contribution in [0.4, 0.5) is 10.8 Å². The zero-order chi connectivity index (χ0) is 15.4. The maximum absolute atomic E-state index is 12.1. The third kappa shape index (κ3) is 3.38. The van der Waals surface area contributed by atoms with Crippen LogP contribution in [0.3, 0.4) is 0 Å². The molecule has 0 radical (unpaired) electrons. The minimum Gasteiger partial charge on any atom is -0.387 e. The van der Waals surface area contributed by atoms with Crippen LogP contribution in [0.1, 0.15) is 32.6 Å². The molecule has 2 aromatic rings. The third-order valence-electron chi connectivity index (χ3n) is 2.84. The number of benzene rings is 1. The number of thiazole rings is 1. The standard InChI is InChI=1S/C14H16N4O2S/c1-8-12(9(2)19)21-14(16-8)18-17-13(20)10-6-4-5-7-11(10)15-3/h4-7,15H,1-3H3,(H,16,18)(H,17,20). The summed E-state index contributed by atoms with van der Waals surface area (Å²) in [5.41, 5.74) is 7.22. The van der Waals surface area contributed by atoms with Crippen molar-refractivity contribution < 1.29 is 9.59 Å². The summed E-state index contributed by atoms with van der Waals surface area (Å²) in [6.45, 7) is 3.25. The van der Waals surface area contributed by atoms with Crippen LogP contribution < -0.4 is 16.2 Å². The second-order valence-corrected chi connectivity index (χ2v) is 5.36. The van der Waals surface area contributed by atoms with Crippen LogP contribution in [0, 0.1) is 6.92 Å². The molecular formula is C14H16N4O2S. The molecule has 1 aromatic heterocycles. The Bertz CT molecular complexity index is 681. The lowest BCUT2D eigenvalue weighted by atomic mass is 10.1. The molecular weight excluding hydrogens is 288 g/mol. The Morgan fingerprint density at radius 3 is 2.57 bits per heavy atom. The van der Waals surface area contributed by atoms with E-state index in [-0.39, 0.29) is 11.7 Å². The number of amides is 1. The summed E-state index contributed by atoms with van der Waals surface area (Å²) in [7, 11) is 1.75. The van der Waals surface area contributed by atoms with Crippen molar-refractivity contribution in [1.29, 1.82) is 0 Å². The lowest BCUT2D eigenvalue weighted by molar-refractivity contribution is 0.0962. The summed E-state index contributed by atoms with van der Waals surface area (Å²) >= 11 is 1.21. The number of ketones is 1. The van der Waals surface area contributed by atoms with Gasteiger partial charge in [-0.05, 0) is 19.1 Å². The van der Waals surface area contributed by atoms with Crippen LogP contribution in [0.15, 0.2) is 24.3 Å². The molecule has 0 spiro atoms. The first-order chi connectivity index (χ1) is 10.0. The van der Waals surface area contributed by atoms with Gasteiger partial charge in [-0.15, -0.1) is 0 Å². The highest BCUT2D eigenvalue weighted by Crippen LogP contribution is 2.22. The smallest absolute Gasteiger partial charge is 0.271 e. The largest absolute Gasteiger partial charge is 0.387 e. The predicted molar refractivity (Wildman–Crippen MR) is 83.9 cm³/mol. The van der Waals surface area contributed by atoms with Crippen LogP contribution in [-0.2, 0) is 0 Å². The first-order valence-corrected chi connectivity index (χ1v) is 7.16. The van der Waals surface area contributed by atoms with Gasteiger partial charge in [0.2, 0.25) is 5.13 Å². The van der Waals surface area contributed by atoms with Gasteiger partial charge >= 0.3 is 0 Å². The first-order valence-electron chi connectivity index (χ1n) is 6.34. The normalized spacial score (nSPS) is 10.0. The van der Waals surface area contributed by atoms with E-state index in [2.05, 4.69) is 21.2 Å². The number of carbonyl (C=O) groups excluding carboxylic acids is 2. The number of hydrazine groups is 1. The Balaban J connectivity index is 2.07. The molecule has 0 fully saturated rings. The molecule has 0 aliphatic carbocycles. The molecule has 0 aliphatic rings. The quantitative estimate of drug-likeness (QED) is 0.584. The van der Waals surface area contributed by atoms with Gasteiger partial charge < -0.3 is 5.32 Å². The lowest BCUT2D eigenvalue weighted by Crippen LogP contribution is -2.29. The summed E-state index contributed by atoms with van der Waals surface area (Å²) in [6.07, 6.45) is 0. The van der Waals surface area contributed by atoms with Gasteiger partial charge in [-0.2, -0.15) is 0 Å². The fourth-order valence-corrected chi connectivity index (χ4v) is 2.67. The molecule has 0 saturated carbocycles. The fraction of sp³-hybridized carbons (Fsp3) is 0.214. The number of hydrogen-bond donors (Lipinski definition) is 3. The van der Waals surface area contributed by atoms with E-state index >= 15 is 0 Å². The van der Waals surface area contributed by atoms with Gasteiger partial charge in [0.05, 0.1) is 16.1 Å². The number of aryl methyl sites for hydroxylation is 1. The Hall–Kier alpha value is -2.41. The molecule has 0 atom stereocenters. The topological polar surface area (TPSA) is 83.1 Å². The van der Waals surface area contributed by atoms with Crippen LogP contribution in [0.2, 0.25) is 0 Å². The maximum atomic E-state index is 12.1. The number of para-hydroxylation sites is 1. The number of nitrogens with one attached hydrogen (secondary N) is 3. The number of Topliss-reactive ketones (excluding diaryl/α,β-unsaturated/α-hetero) is 1. The molecule has 2 rings (SSSR count). The van der Waals surface area contributed by atoms with Gasteiger partial charge in [-0.3, -0.25) is 20.4 Å². The Kier molecular flexibility index (Phi) is 4.54. The minimum atomic E-state index is -0.280. The van der Waals surface area contributed by atoms with Crippen molar-refractivity contribution in [1.82, 2.24) is 10.4 Å². The van der Waals surface area contributed by atoms with Gasteiger partial charge in [-0.25, -0.2) is 4.98 Å². The second-order valence-electron chi connectivity index (χ2n) is 4.36. The SMILES string of the molecule is CNc1ccccc1C(=O)NNc1nc(C)c(C(C)=O)s1. The fourth-order valence-electron chi connectivity index (χ4n) is 1.85. The number of carbonyl (C=O) groups is 2. The average Bonchev–Trinajstić information content (AvgIpc) is 2.86. The van der Waals surface area contributed by atoms with Crippen molar-refractivity contribution in [3.05, 3.63) is 40.4 Å². The number of nitrogens with zero attached hydrogens (tertiary/aromatic N) is 1. The van der Waals surface area contributed by atoms with E-state index in [9.17, 15) is 9.59 Å². The van der Waals surface area contributed by atoms with Gasteiger partial charge in [0.1, 0.15) is 0 Å². The van der Waals surface area contributed by atoms with E-state index in [0.29, 0.717) is 21.3 Å². The van der Waals surface area contributed by atoms with Crippen LogP contribution in [-0.4, -0.2) is 23.7 Å². The molecule has 1 aromatic carbocycles. The molecule has 0 bridgehead atoms. The van der Waals surface area contributed by atoms with Crippen molar-refractivity contribution in [2.24, 2.45) is 0 Å². The summed E-state index contributed by atoms with van der Waals surface area (Å²) in [5.74, 6) is -0.318. The van der Waals surface area contributed by atoms with E-state index in [0.717, 1.165) is 5.69 Å². The monoisotopic (exact) mass is 304 g/mol. The van der Waals surface area contributed by atoms with Crippen molar-refractivity contribution >= 4 is 33.8 Å². The van der Waals surface area contributed by atoms with Crippen LogP contribution in [0.5, 0.6) is 0 Å². The highest BCUT2D eigenvalue weighted by Gasteiger charge is 2.13. The van der Waals surface area contributed by atoms with Gasteiger partial charge in [0.25, 0.3) is 5.91 Å². The molecule has 0 aliphatic heterocycles. The average molecular weight is 304 g/mol. The predicted octanol–water partition coefficient (Wildman–Crippen LogP) is 2.45. The molecule has 0 saturated heterocycles. The Labute approximate surface area is 126 Å². The van der Waals surface area contributed by atoms with E-state index < -0.39 is 0 Å². The van der Waals surface area contributed by atoms with Crippen molar-refractivity contribution in [2.45, 2.75) is 13.8 Å². The molecule has 21 heavy (non-hydrogen) atoms. The summed E-state index contributed by atoms with van der Waals surface area (Å²) < 4.78 is 0. The lowest BCUT2D eigenvalue weighted by Gasteiger charge is -2.09. The zero-order valence-electron chi connectivity index (χ0n) is 12.0. The first kappa shape index (κ1) is 15.0. The van der Waals surface area contributed by atoms with Crippen LogP contribution >= 0.6 is 11.3 Å². The van der Waals surface area contributed by atoms with Gasteiger partial charge in [-0.1, -0.05) is 23.5 Å². The highest BCUT2D eigenvalue weighted by atomic mass is 32.1. The highest BCUT2D eigenvalue weighted by molar-refractivity contribution is 7.17. The molecule has 1 heterocycles. The molecule has 110 valence electrons. The molecule has 3 N–H and O–H groups in total. The second kappa shape index (κ2) is 6.36. The minimum absolute atomic E-state index is 0.0371. The van der Waals surface area contributed by atoms with Gasteiger partial charge in [0.15, 0.2) is 5.78 Å². The van der Waals surface area contributed by atoms with Crippen molar-refractivity contribution in [3.8, 4) is 0 Å². The molecule has 1 amide bonds. The van der Waals surface area contributed by atoms with E-state index in [1.807, 2.05) is 12.1 Å². The number of anilines is 2. The van der Waals surface area contributed by atoms with Crippen molar-refractivity contribution in [3.63, 3.8) is 0 Å². The number of rotatable bonds is 5. The van der Waals surface area contributed by atoms with Crippen molar-refractivity contribution in [2.75, 3.05) is 17.8 Å². The Morgan fingerprint density at radius 2 is 1.95 bits per heavy atom. The maximum Gasteiger partial charge on any atom is 0.271 e. The molecule has 6 nitrogen and oxygen atoms in total. The zero-order valence-corrected chi connectivity index (χ0v) is 12.8. The number of aromatic nitrogens is 1. The van der Waals surface area contributed by atoms with E-state index in [1.54, 1.807) is 26.1 Å². The summed E-state index contributed by atoms with van der Waals surface area (Å²) in [6, 6.07) is 7.17.